The van der Waals surface area contributed by atoms with E-state index in [-0.39, 0.29) is 28.5 Å². The van der Waals surface area contributed by atoms with Crippen LogP contribution >= 0.6 is 0 Å². The maximum absolute atomic E-state index is 4.25. The summed E-state index contributed by atoms with van der Waals surface area (Å²) in [6.45, 7) is 17.0. The summed E-state index contributed by atoms with van der Waals surface area (Å²) < 4.78 is 0. The van der Waals surface area contributed by atoms with Gasteiger partial charge in [-0.3, -0.25) is 6.58 Å². The van der Waals surface area contributed by atoms with Crippen molar-refractivity contribution in [1.29, 1.82) is 0 Å². The molecule has 0 unspecified atom stereocenters. The fourth-order valence-corrected chi connectivity index (χ4v) is 0. The van der Waals surface area contributed by atoms with E-state index in [2.05, 4.69) is 40.9 Å². The first-order valence-corrected chi connectivity index (χ1v) is 2.26. The summed E-state index contributed by atoms with van der Waals surface area (Å²) in [7, 11) is 0. The number of hydrogen-bond acceptors (Lipinski definition) is 0. The summed E-state index contributed by atoms with van der Waals surface area (Å²) in [5.74, 6) is 0. The van der Waals surface area contributed by atoms with Crippen molar-refractivity contribution in [2.24, 2.45) is 5.41 Å². The van der Waals surface area contributed by atoms with Gasteiger partial charge in [0.25, 0.3) is 0 Å². The minimum atomic E-state index is 0. The van der Waals surface area contributed by atoms with Gasteiger partial charge in [0.05, 0.1) is 0 Å². The summed E-state index contributed by atoms with van der Waals surface area (Å²) >= 11 is 0. The molecule has 0 aromatic rings. The van der Waals surface area contributed by atoms with E-state index in [4.69, 9.17) is 0 Å². The first-order chi connectivity index (χ1) is 3.00. The van der Waals surface area contributed by atoms with Crippen LogP contribution in [0.25, 0.3) is 0 Å². The van der Waals surface area contributed by atoms with Crippen LogP contribution in [0.5, 0.6) is 0 Å². The standard InChI is InChI=1S/C5H11.C2H3.Mg/c1-5(2,3)4;1-2;/h1H2,2-4H3;1H,2H2;/q2*-1;+2. The number of hydrogen-bond donors (Lipinski definition) is 0. The molecule has 0 atom stereocenters. The summed E-state index contributed by atoms with van der Waals surface area (Å²) in [5.41, 5.74) is 0.250. The molecule has 8 heavy (non-hydrogen) atoms. The minimum absolute atomic E-state index is 0. The van der Waals surface area contributed by atoms with Crippen LogP contribution in [0.2, 0.25) is 0 Å². The maximum atomic E-state index is 4.25. The Bertz CT molecular complexity index is 28.1. The van der Waals surface area contributed by atoms with Crippen molar-refractivity contribution in [3.8, 4) is 0 Å². The van der Waals surface area contributed by atoms with E-state index in [0.29, 0.717) is 0 Å². The van der Waals surface area contributed by atoms with Crippen LogP contribution in [0.15, 0.2) is 6.58 Å². The normalized spacial score (nSPS) is 8.00. The zero-order valence-electron chi connectivity index (χ0n) is 6.20. The van der Waals surface area contributed by atoms with Crippen LogP contribution < -0.4 is 0 Å². The molecule has 0 heterocycles. The molecule has 1 heteroatoms. The Morgan fingerprint density at radius 3 is 1.25 bits per heavy atom. The van der Waals surface area contributed by atoms with Gasteiger partial charge in [-0.15, -0.1) is 0 Å². The molecule has 0 saturated carbocycles. The van der Waals surface area contributed by atoms with Gasteiger partial charge in [-0.05, 0) is 0 Å². The second kappa shape index (κ2) is 7.51. The molecule has 0 fully saturated rings. The molecule has 0 aliphatic heterocycles. The van der Waals surface area contributed by atoms with Crippen molar-refractivity contribution in [2.75, 3.05) is 0 Å². The predicted molar refractivity (Wildman–Crippen MR) is 40.5 cm³/mol. The molecule has 0 amide bonds. The Morgan fingerprint density at radius 2 is 1.25 bits per heavy atom. The molecular formula is C7H14Mg. The Hall–Kier alpha value is 0.506. The van der Waals surface area contributed by atoms with Gasteiger partial charge in [0.2, 0.25) is 0 Å². The van der Waals surface area contributed by atoms with Crippen LogP contribution in [0.4, 0.5) is 0 Å². The molecule has 0 aliphatic carbocycles. The second-order valence-electron chi connectivity index (χ2n) is 2.56. The van der Waals surface area contributed by atoms with Gasteiger partial charge in [-0.2, -0.15) is 5.41 Å². The van der Waals surface area contributed by atoms with E-state index in [1.165, 1.54) is 0 Å². The van der Waals surface area contributed by atoms with Gasteiger partial charge in [-0.25, -0.2) is 0 Å². The SMILES string of the molecule is [CH-]=C.[CH2-]C(C)(C)C.[Mg+2]. The summed E-state index contributed by atoms with van der Waals surface area (Å²) in [6, 6.07) is 0. The molecule has 44 valence electrons. The summed E-state index contributed by atoms with van der Waals surface area (Å²) in [4.78, 5) is 0. The number of rotatable bonds is 0. The molecule has 0 rings (SSSR count). The van der Waals surface area contributed by atoms with Crippen molar-refractivity contribution in [3.05, 3.63) is 20.1 Å². The third-order valence-corrected chi connectivity index (χ3v) is 0. The van der Waals surface area contributed by atoms with Crippen LogP contribution in [0, 0.1) is 18.9 Å². The first kappa shape index (κ1) is 15.8. The van der Waals surface area contributed by atoms with Gasteiger partial charge >= 0.3 is 23.1 Å². The third-order valence-electron chi connectivity index (χ3n) is 0. The Balaban J connectivity index is -0.0000000750. The van der Waals surface area contributed by atoms with Gasteiger partial charge < -0.3 is 13.5 Å². The summed E-state index contributed by atoms with van der Waals surface area (Å²) in [6.07, 6.45) is 0. The topological polar surface area (TPSA) is 0 Å². The molecular weight excluding hydrogens is 108 g/mol. The molecule has 0 saturated heterocycles. The molecule has 0 bridgehead atoms. The van der Waals surface area contributed by atoms with Crippen molar-refractivity contribution in [2.45, 2.75) is 20.8 Å². The fraction of sp³-hybridized carbons (Fsp3) is 0.571. The molecule has 0 aromatic carbocycles. The smallest absolute Gasteiger partial charge is 0.521 e. The van der Waals surface area contributed by atoms with Crippen LogP contribution in [0.1, 0.15) is 20.8 Å². The zero-order chi connectivity index (χ0) is 6.50. The second-order valence-corrected chi connectivity index (χ2v) is 2.56. The van der Waals surface area contributed by atoms with Crippen molar-refractivity contribution in [1.82, 2.24) is 0 Å². The quantitative estimate of drug-likeness (QED) is 0.341. The van der Waals surface area contributed by atoms with Gasteiger partial charge in [0.15, 0.2) is 0 Å². The van der Waals surface area contributed by atoms with Crippen molar-refractivity contribution in [3.63, 3.8) is 0 Å². The van der Waals surface area contributed by atoms with Crippen LogP contribution in [0.3, 0.4) is 0 Å². The van der Waals surface area contributed by atoms with Crippen LogP contribution in [-0.4, -0.2) is 23.1 Å². The van der Waals surface area contributed by atoms with E-state index >= 15 is 0 Å². The van der Waals surface area contributed by atoms with E-state index < -0.39 is 0 Å². The van der Waals surface area contributed by atoms with Gasteiger partial charge in [-0.1, -0.05) is 20.8 Å². The molecule has 0 nitrogen and oxygen atoms in total. The van der Waals surface area contributed by atoms with E-state index in [1.807, 2.05) is 0 Å². The van der Waals surface area contributed by atoms with E-state index in [9.17, 15) is 0 Å². The van der Waals surface area contributed by atoms with Gasteiger partial charge in [0, 0.05) is 0 Å². The minimum Gasteiger partial charge on any atom is -0.521 e. The molecule has 0 spiro atoms. The fourth-order valence-electron chi connectivity index (χ4n) is 0. The maximum Gasteiger partial charge on any atom is 2.00 e. The Kier molecular flexibility index (Phi) is 14.8. The average molecular weight is 122 g/mol. The van der Waals surface area contributed by atoms with Crippen molar-refractivity contribution >= 4 is 23.1 Å². The molecule has 0 radical (unpaired) electrons. The van der Waals surface area contributed by atoms with Gasteiger partial charge in [0.1, 0.15) is 0 Å². The Labute approximate surface area is 69.5 Å². The summed E-state index contributed by atoms with van der Waals surface area (Å²) in [5, 5.41) is 0. The first-order valence-electron chi connectivity index (χ1n) is 2.26. The van der Waals surface area contributed by atoms with Crippen molar-refractivity contribution < 1.29 is 0 Å². The van der Waals surface area contributed by atoms with E-state index in [0.717, 1.165) is 0 Å². The largest absolute Gasteiger partial charge is 2.00 e. The third kappa shape index (κ3) is 770. The average Bonchev–Trinajstić information content (AvgIpc) is 1.36. The molecule has 0 aromatic heterocycles. The molecule has 0 N–H and O–H groups in total. The monoisotopic (exact) mass is 122 g/mol. The van der Waals surface area contributed by atoms with E-state index in [1.54, 1.807) is 0 Å². The molecule has 0 aliphatic rings. The predicted octanol–water partition coefficient (Wildman–Crippen LogP) is 2.09. The van der Waals surface area contributed by atoms with Crippen LogP contribution in [-0.2, 0) is 0 Å². The Morgan fingerprint density at radius 1 is 1.25 bits per heavy atom. The zero-order valence-corrected chi connectivity index (χ0v) is 7.61.